The number of rotatable bonds is 4. The third-order valence-electron chi connectivity index (χ3n) is 5.23. The Labute approximate surface area is 122 Å². The first kappa shape index (κ1) is 13.8. The van der Waals surface area contributed by atoms with Crippen LogP contribution in [0.2, 0.25) is 0 Å². The van der Waals surface area contributed by atoms with Gasteiger partial charge in [-0.05, 0) is 32.2 Å². The lowest BCUT2D eigenvalue weighted by molar-refractivity contribution is 0.0803. The summed E-state index contributed by atoms with van der Waals surface area (Å²) in [4.78, 5) is 14.9. The van der Waals surface area contributed by atoms with Crippen molar-refractivity contribution >= 4 is 5.78 Å². The van der Waals surface area contributed by atoms with Crippen LogP contribution in [0, 0.1) is 0 Å². The minimum atomic E-state index is 0.295. The first-order chi connectivity index (χ1) is 9.80. The average molecular weight is 271 g/mol. The summed E-state index contributed by atoms with van der Waals surface area (Å²) >= 11 is 0. The van der Waals surface area contributed by atoms with Gasteiger partial charge < -0.3 is 0 Å². The maximum Gasteiger partial charge on any atom is 0.164 e. The Morgan fingerprint density at radius 1 is 1.00 bits per heavy atom. The van der Waals surface area contributed by atoms with Crippen molar-refractivity contribution in [3.63, 3.8) is 0 Å². The van der Waals surface area contributed by atoms with Crippen LogP contribution in [-0.4, -0.2) is 29.3 Å². The van der Waals surface area contributed by atoms with E-state index in [0.29, 0.717) is 17.7 Å². The molecule has 108 valence electrons. The summed E-state index contributed by atoms with van der Waals surface area (Å²) in [6, 6.07) is 9.73. The number of ketones is 1. The van der Waals surface area contributed by atoms with Gasteiger partial charge in [-0.1, -0.05) is 49.6 Å². The average Bonchev–Trinajstić information content (AvgIpc) is 2.88. The quantitative estimate of drug-likeness (QED) is 0.770. The predicted molar refractivity (Wildman–Crippen MR) is 82.0 cm³/mol. The topological polar surface area (TPSA) is 20.3 Å². The molecule has 1 aliphatic heterocycles. The van der Waals surface area contributed by atoms with E-state index < -0.39 is 0 Å². The van der Waals surface area contributed by atoms with Gasteiger partial charge in [0.25, 0.3) is 0 Å². The Kier molecular flexibility index (Phi) is 4.21. The van der Waals surface area contributed by atoms with Gasteiger partial charge in [-0.25, -0.2) is 0 Å². The van der Waals surface area contributed by atoms with Crippen molar-refractivity contribution in [1.82, 2.24) is 4.90 Å². The van der Waals surface area contributed by atoms with Gasteiger partial charge >= 0.3 is 0 Å². The number of hydrogen-bond acceptors (Lipinski definition) is 2. The Bertz CT molecular complexity index is 448. The fourth-order valence-corrected chi connectivity index (χ4v) is 4.12. The van der Waals surface area contributed by atoms with Crippen LogP contribution in [-0.2, 0) is 0 Å². The number of carbonyl (C=O) groups excluding carboxylic acids is 1. The van der Waals surface area contributed by atoms with Gasteiger partial charge in [-0.2, -0.15) is 0 Å². The Hall–Kier alpha value is -1.15. The van der Waals surface area contributed by atoms with E-state index in [2.05, 4.69) is 4.90 Å². The lowest BCUT2D eigenvalue weighted by Gasteiger charge is -2.41. The molecule has 2 fully saturated rings. The molecule has 0 aromatic heterocycles. The minimum Gasteiger partial charge on any atom is -0.297 e. The lowest BCUT2D eigenvalue weighted by atomic mass is 9.79. The molecule has 2 heteroatoms. The number of benzene rings is 1. The summed E-state index contributed by atoms with van der Waals surface area (Å²) in [6.45, 7) is 2.15. The Morgan fingerprint density at radius 2 is 1.70 bits per heavy atom. The van der Waals surface area contributed by atoms with E-state index in [4.69, 9.17) is 0 Å². The number of hydrogen-bond donors (Lipinski definition) is 0. The van der Waals surface area contributed by atoms with Crippen molar-refractivity contribution in [3.05, 3.63) is 35.9 Å². The summed E-state index contributed by atoms with van der Waals surface area (Å²) in [5.74, 6) is 0.295. The van der Waals surface area contributed by atoms with Crippen LogP contribution < -0.4 is 0 Å². The number of nitrogens with zero attached hydrogens (tertiary/aromatic N) is 1. The smallest absolute Gasteiger partial charge is 0.164 e. The van der Waals surface area contributed by atoms with Crippen molar-refractivity contribution in [1.29, 1.82) is 0 Å². The molecule has 0 bridgehead atoms. The second kappa shape index (κ2) is 6.09. The van der Waals surface area contributed by atoms with Crippen molar-refractivity contribution < 1.29 is 4.79 Å². The van der Waals surface area contributed by atoms with Crippen molar-refractivity contribution in [3.8, 4) is 0 Å². The molecule has 3 rings (SSSR count). The van der Waals surface area contributed by atoms with Gasteiger partial charge in [-0.15, -0.1) is 0 Å². The number of carbonyl (C=O) groups is 1. The van der Waals surface area contributed by atoms with Gasteiger partial charge in [0, 0.05) is 24.1 Å². The second-order valence-electron chi connectivity index (χ2n) is 6.41. The first-order valence-electron chi connectivity index (χ1n) is 8.14. The zero-order chi connectivity index (χ0) is 13.8. The van der Waals surface area contributed by atoms with Crippen molar-refractivity contribution in [2.75, 3.05) is 13.1 Å². The number of Topliss-reactive ketones (excluding diaryl/α,β-unsaturated/α-hetero) is 1. The fraction of sp³-hybridized carbons (Fsp3) is 0.611. The molecule has 0 N–H and O–H groups in total. The van der Waals surface area contributed by atoms with Crippen LogP contribution in [0.25, 0.3) is 0 Å². The van der Waals surface area contributed by atoms with Gasteiger partial charge in [0.1, 0.15) is 0 Å². The maximum absolute atomic E-state index is 12.2. The van der Waals surface area contributed by atoms with E-state index in [0.717, 1.165) is 12.1 Å². The highest BCUT2D eigenvalue weighted by atomic mass is 16.1. The summed E-state index contributed by atoms with van der Waals surface area (Å²) in [5, 5.41) is 0. The van der Waals surface area contributed by atoms with Crippen LogP contribution in [0.15, 0.2) is 30.3 Å². The molecule has 2 nitrogen and oxygen atoms in total. The monoisotopic (exact) mass is 271 g/mol. The molecule has 1 saturated heterocycles. The lowest BCUT2D eigenvalue weighted by Crippen LogP contribution is -2.46. The predicted octanol–water partition coefficient (Wildman–Crippen LogP) is 4.06. The molecule has 20 heavy (non-hydrogen) atoms. The van der Waals surface area contributed by atoms with E-state index in [9.17, 15) is 4.79 Å². The van der Waals surface area contributed by atoms with Crippen LogP contribution in [0.4, 0.5) is 0 Å². The van der Waals surface area contributed by atoms with Gasteiger partial charge in [0.05, 0.1) is 0 Å². The van der Waals surface area contributed by atoms with Crippen molar-refractivity contribution in [2.45, 2.75) is 56.9 Å². The summed E-state index contributed by atoms with van der Waals surface area (Å²) in [7, 11) is 0. The molecule has 0 atom stereocenters. The third kappa shape index (κ3) is 2.80. The molecule has 1 saturated carbocycles. The van der Waals surface area contributed by atoms with Crippen LogP contribution in [0.3, 0.4) is 0 Å². The minimum absolute atomic E-state index is 0.295. The van der Waals surface area contributed by atoms with Crippen molar-refractivity contribution in [2.24, 2.45) is 0 Å². The molecule has 1 heterocycles. The molecule has 1 aliphatic carbocycles. The second-order valence-corrected chi connectivity index (χ2v) is 6.41. The number of likely N-dealkylation sites (tertiary alicyclic amines) is 1. The molecular formula is C18H25NO. The highest BCUT2D eigenvalue weighted by molar-refractivity contribution is 5.96. The summed E-state index contributed by atoms with van der Waals surface area (Å²) < 4.78 is 0. The molecular weight excluding hydrogens is 246 g/mol. The third-order valence-corrected chi connectivity index (χ3v) is 5.23. The standard InChI is InChI=1S/C18H25NO/c20-17(16-8-3-1-4-9-16)10-15-19-14-7-13-18(19)11-5-2-6-12-18/h1,3-4,8-9H,2,5-7,10-15H2. The molecule has 2 aliphatic rings. The van der Waals surface area contributed by atoms with E-state index in [1.165, 1.54) is 51.5 Å². The molecule has 1 spiro atoms. The van der Waals surface area contributed by atoms with E-state index in [1.54, 1.807) is 0 Å². The van der Waals surface area contributed by atoms with E-state index in [-0.39, 0.29) is 0 Å². The normalized spacial score (nSPS) is 22.2. The molecule has 1 aromatic rings. The Balaban J connectivity index is 1.59. The highest BCUT2D eigenvalue weighted by Crippen LogP contribution is 2.41. The van der Waals surface area contributed by atoms with Gasteiger partial charge in [0.2, 0.25) is 0 Å². The molecule has 0 unspecified atom stereocenters. The zero-order valence-corrected chi connectivity index (χ0v) is 12.3. The molecule has 0 radical (unpaired) electrons. The Morgan fingerprint density at radius 3 is 2.45 bits per heavy atom. The van der Waals surface area contributed by atoms with Crippen LogP contribution in [0.5, 0.6) is 0 Å². The summed E-state index contributed by atoms with van der Waals surface area (Å²) in [6.07, 6.45) is 10.2. The molecule has 1 aromatic carbocycles. The first-order valence-corrected chi connectivity index (χ1v) is 8.14. The summed E-state index contributed by atoms with van der Waals surface area (Å²) in [5.41, 5.74) is 1.32. The van der Waals surface area contributed by atoms with E-state index in [1.807, 2.05) is 30.3 Å². The highest BCUT2D eigenvalue weighted by Gasteiger charge is 2.40. The molecule has 0 amide bonds. The largest absolute Gasteiger partial charge is 0.297 e. The van der Waals surface area contributed by atoms with Crippen LogP contribution in [0.1, 0.15) is 61.7 Å². The zero-order valence-electron chi connectivity index (χ0n) is 12.3. The van der Waals surface area contributed by atoms with Gasteiger partial charge in [0.15, 0.2) is 5.78 Å². The fourth-order valence-electron chi connectivity index (χ4n) is 4.12. The van der Waals surface area contributed by atoms with Gasteiger partial charge in [-0.3, -0.25) is 9.69 Å². The maximum atomic E-state index is 12.2. The SMILES string of the molecule is O=C(CCN1CCCC12CCCCC2)c1ccccc1. The van der Waals surface area contributed by atoms with E-state index >= 15 is 0 Å². The van der Waals surface area contributed by atoms with Crippen LogP contribution >= 0.6 is 0 Å².